The molecule has 1 aliphatic carbocycles. The van der Waals surface area contributed by atoms with E-state index in [1.165, 1.54) is 18.9 Å². The molecular weight excluding hydrogens is 257 g/mol. The summed E-state index contributed by atoms with van der Waals surface area (Å²) in [7, 11) is 0. The lowest BCUT2D eigenvalue weighted by atomic mass is 10.0. The van der Waals surface area contributed by atoms with E-state index in [4.69, 9.17) is 9.47 Å². The van der Waals surface area contributed by atoms with Crippen LogP contribution >= 0.6 is 0 Å². The molecule has 1 saturated heterocycles. The molecule has 1 heterocycles. The van der Waals surface area contributed by atoms with Crippen LogP contribution in [0.15, 0.2) is 18.2 Å². The van der Waals surface area contributed by atoms with E-state index in [1.807, 2.05) is 0 Å². The second kappa shape index (κ2) is 6.55. The minimum Gasteiger partial charge on any atom is -0.493 e. The molecule has 3 rings (SSSR count). The van der Waals surface area contributed by atoms with E-state index in [1.54, 1.807) is 12.1 Å². The van der Waals surface area contributed by atoms with Crippen LogP contribution in [-0.4, -0.2) is 25.9 Å². The number of hydrogen-bond donors (Lipinski definition) is 1. The molecule has 0 radical (unpaired) electrons. The van der Waals surface area contributed by atoms with Gasteiger partial charge in [0.25, 0.3) is 0 Å². The molecule has 3 nitrogen and oxygen atoms in total. The Morgan fingerprint density at radius 3 is 2.75 bits per heavy atom. The molecule has 0 spiro atoms. The fraction of sp³-hybridized carbons (Fsp3) is 0.625. The predicted octanol–water partition coefficient (Wildman–Crippen LogP) is 2.88. The predicted molar refractivity (Wildman–Crippen MR) is 75.3 cm³/mol. The highest BCUT2D eigenvalue weighted by atomic mass is 19.1. The van der Waals surface area contributed by atoms with Crippen molar-refractivity contribution in [1.82, 2.24) is 5.32 Å². The summed E-state index contributed by atoms with van der Waals surface area (Å²) < 4.78 is 24.7. The standard InChI is InChI=1S/C16H22FNO2/c17-14-1-4-16(13(9-14)10-18-15-2-3-15)20-11-12-5-7-19-8-6-12/h1,4,9,12,15,18H,2-3,5-8,10-11H2. The van der Waals surface area contributed by atoms with Crippen molar-refractivity contribution >= 4 is 0 Å². The van der Waals surface area contributed by atoms with Crippen LogP contribution in [0.3, 0.4) is 0 Å². The summed E-state index contributed by atoms with van der Waals surface area (Å²) >= 11 is 0. The quantitative estimate of drug-likeness (QED) is 0.868. The zero-order valence-corrected chi connectivity index (χ0v) is 11.7. The molecule has 2 fully saturated rings. The van der Waals surface area contributed by atoms with Gasteiger partial charge in [-0.3, -0.25) is 0 Å². The minimum atomic E-state index is -0.198. The smallest absolute Gasteiger partial charge is 0.123 e. The second-order valence-corrected chi connectivity index (χ2v) is 5.77. The summed E-state index contributed by atoms with van der Waals surface area (Å²) in [6, 6.07) is 5.41. The molecule has 1 aliphatic heterocycles. The van der Waals surface area contributed by atoms with E-state index >= 15 is 0 Å². The molecule has 0 aromatic heterocycles. The third-order valence-electron chi connectivity index (χ3n) is 4.00. The lowest BCUT2D eigenvalue weighted by molar-refractivity contribution is 0.0496. The Morgan fingerprint density at radius 2 is 2.00 bits per heavy atom. The van der Waals surface area contributed by atoms with E-state index in [9.17, 15) is 4.39 Å². The van der Waals surface area contributed by atoms with Gasteiger partial charge in [-0.1, -0.05) is 0 Å². The maximum absolute atomic E-state index is 13.4. The van der Waals surface area contributed by atoms with Gasteiger partial charge in [0.1, 0.15) is 11.6 Å². The maximum atomic E-state index is 13.4. The van der Waals surface area contributed by atoms with Gasteiger partial charge in [0.15, 0.2) is 0 Å². The summed E-state index contributed by atoms with van der Waals surface area (Å²) in [5.74, 6) is 1.17. The molecule has 0 bridgehead atoms. The van der Waals surface area contributed by atoms with E-state index in [0.717, 1.165) is 37.4 Å². The van der Waals surface area contributed by atoms with Crippen LogP contribution in [-0.2, 0) is 11.3 Å². The van der Waals surface area contributed by atoms with Crippen LogP contribution in [0, 0.1) is 11.7 Å². The van der Waals surface area contributed by atoms with Crippen LogP contribution in [0.25, 0.3) is 0 Å². The van der Waals surface area contributed by atoms with Gasteiger partial charge in [-0.25, -0.2) is 4.39 Å². The van der Waals surface area contributed by atoms with E-state index in [0.29, 0.717) is 25.1 Å². The van der Waals surface area contributed by atoms with Crippen LogP contribution < -0.4 is 10.1 Å². The highest BCUT2D eigenvalue weighted by Gasteiger charge is 2.21. The molecule has 1 aromatic carbocycles. The molecule has 1 N–H and O–H groups in total. The van der Waals surface area contributed by atoms with Gasteiger partial charge in [-0.05, 0) is 49.8 Å². The molecule has 2 aliphatic rings. The van der Waals surface area contributed by atoms with Gasteiger partial charge in [0.2, 0.25) is 0 Å². The van der Waals surface area contributed by atoms with Crippen molar-refractivity contribution in [3.05, 3.63) is 29.6 Å². The molecule has 4 heteroatoms. The minimum absolute atomic E-state index is 0.198. The molecule has 0 atom stereocenters. The molecular formula is C16H22FNO2. The Hall–Kier alpha value is -1.13. The number of benzene rings is 1. The lowest BCUT2D eigenvalue weighted by Crippen LogP contribution is -2.22. The van der Waals surface area contributed by atoms with Crippen LogP contribution in [0.5, 0.6) is 5.75 Å². The van der Waals surface area contributed by atoms with E-state index < -0.39 is 0 Å². The first kappa shape index (κ1) is 13.8. The summed E-state index contributed by atoms with van der Waals surface area (Å²) in [5.41, 5.74) is 0.920. The third-order valence-corrected chi connectivity index (χ3v) is 4.00. The van der Waals surface area contributed by atoms with Gasteiger partial charge in [-0.2, -0.15) is 0 Å². The average molecular weight is 279 g/mol. The first-order chi connectivity index (χ1) is 9.81. The van der Waals surface area contributed by atoms with E-state index in [2.05, 4.69) is 5.32 Å². The Morgan fingerprint density at radius 1 is 1.20 bits per heavy atom. The highest BCUT2D eigenvalue weighted by molar-refractivity contribution is 5.34. The number of halogens is 1. The van der Waals surface area contributed by atoms with Crippen LogP contribution in [0.2, 0.25) is 0 Å². The Labute approximate surface area is 119 Å². The molecule has 20 heavy (non-hydrogen) atoms. The van der Waals surface area contributed by atoms with Crippen LogP contribution in [0.1, 0.15) is 31.2 Å². The van der Waals surface area contributed by atoms with Crippen molar-refractivity contribution in [3.63, 3.8) is 0 Å². The summed E-state index contributed by atoms with van der Waals surface area (Å²) in [6.45, 7) is 3.04. The lowest BCUT2D eigenvalue weighted by Gasteiger charge is -2.23. The number of rotatable bonds is 6. The van der Waals surface area contributed by atoms with Gasteiger partial charge in [0.05, 0.1) is 6.61 Å². The Bertz CT molecular complexity index is 442. The summed E-state index contributed by atoms with van der Waals surface area (Å²) in [4.78, 5) is 0. The van der Waals surface area contributed by atoms with Gasteiger partial charge >= 0.3 is 0 Å². The van der Waals surface area contributed by atoms with Crippen molar-refractivity contribution in [3.8, 4) is 5.75 Å². The number of nitrogens with one attached hydrogen (secondary N) is 1. The zero-order valence-electron chi connectivity index (χ0n) is 11.7. The monoisotopic (exact) mass is 279 g/mol. The molecule has 110 valence electrons. The van der Waals surface area contributed by atoms with Crippen molar-refractivity contribution in [1.29, 1.82) is 0 Å². The molecule has 1 saturated carbocycles. The van der Waals surface area contributed by atoms with E-state index in [-0.39, 0.29) is 5.82 Å². The first-order valence-electron chi connectivity index (χ1n) is 7.53. The van der Waals surface area contributed by atoms with Crippen molar-refractivity contribution in [2.24, 2.45) is 5.92 Å². The van der Waals surface area contributed by atoms with Gasteiger partial charge < -0.3 is 14.8 Å². The fourth-order valence-electron chi connectivity index (χ4n) is 2.49. The second-order valence-electron chi connectivity index (χ2n) is 5.77. The molecule has 0 unspecified atom stereocenters. The average Bonchev–Trinajstić information content (AvgIpc) is 3.29. The first-order valence-corrected chi connectivity index (χ1v) is 7.53. The largest absolute Gasteiger partial charge is 0.493 e. The molecule has 0 amide bonds. The third kappa shape index (κ3) is 3.93. The SMILES string of the molecule is Fc1ccc(OCC2CCOCC2)c(CNC2CC2)c1. The van der Waals surface area contributed by atoms with Crippen molar-refractivity contribution < 1.29 is 13.9 Å². The molecule has 1 aromatic rings. The highest BCUT2D eigenvalue weighted by Crippen LogP contribution is 2.25. The normalized spacial score (nSPS) is 20.1. The fourth-order valence-corrected chi connectivity index (χ4v) is 2.49. The van der Waals surface area contributed by atoms with Crippen LogP contribution in [0.4, 0.5) is 4.39 Å². The Kier molecular flexibility index (Phi) is 4.53. The van der Waals surface area contributed by atoms with Crippen molar-refractivity contribution in [2.75, 3.05) is 19.8 Å². The summed E-state index contributed by atoms with van der Waals surface area (Å²) in [6.07, 6.45) is 4.56. The number of ether oxygens (including phenoxy) is 2. The summed E-state index contributed by atoms with van der Waals surface area (Å²) in [5, 5.41) is 3.41. The zero-order chi connectivity index (χ0) is 13.8. The van der Waals surface area contributed by atoms with Crippen molar-refractivity contribution in [2.45, 2.75) is 38.3 Å². The van der Waals surface area contributed by atoms with Gasteiger partial charge in [-0.15, -0.1) is 0 Å². The number of hydrogen-bond acceptors (Lipinski definition) is 3. The van der Waals surface area contributed by atoms with Gasteiger partial charge in [0, 0.05) is 31.4 Å². The maximum Gasteiger partial charge on any atom is 0.123 e. The Balaban J connectivity index is 1.58. The topological polar surface area (TPSA) is 30.5 Å².